The minimum absolute atomic E-state index is 0.145. The number of rotatable bonds is 5. The van der Waals surface area contributed by atoms with Gasteiger partial charge in [-0.15, -0.1) is 0 Å². The lowest BCUT2D eigenvalue weighted by molar-refractivity contribution is -0.117. The van der Waals surface area contributed by atoms with Crippen molar-refractivity contribution in [1.29, 1.82) is 0 Å². The van der Waals surface area contributed by atoms with E-state index >= 15 is 0 Å². The Hall–Kier alpha value is -1.62. The number of carbonyl (C=O) groups excluding carboxylic acids is 1. The normalized spacial score (nSPS) is 13.4. The summed E-state index contributed by atoms with van der Waals surface area (Å²) in [5.74, 6) is -0.655. The van der Waals surface area contributed by atoms with E-state index in [2.05, 4.69) is 10.6 Å². The van der Waals surface area contributed by atoms with Crippen molar-refractivity contribution in [2.75, 3.05) is 5.32 Å². The van der Waals surface area contributed by atoms with Gasteiger partial charge in [-0.3, -0.25) is 10.1 Å². The lowest BCUT2D eigenvalue weighted by Gasteiger charge is -2.21. The van der Waals surface area contributed by atoms with E-state index in [-0.39, 0.29) is 11.9 Å². The van der Waals surface area contributed by atoms with Crippen LogP contribution < -0.4 is 10.6 Å². The molecule has 122 valence electrons. The van der Waals surface area contributed by atoms with Gasteiger partial charge in [0.15, 0.2) is 0 Å². The first-order valence-corrected chi connectivity index (χ1v) is 7.90. The van der Waals surface area contributed by atoms with Gasteiger partial charge in [0.25, 0.3) is 0 Å². The molecule has 0 aliphatic carbocycles. The van der Waals surface area contributed by atoms with Gasteiger partial charge in [0.2, 0.25) is 5.91 Å². The van der Waals surface area contributed by atoms with Crippen LogP contribution in [0.1, 0.15) is 25.5 Å². The molecule has 2 aromatic carbocycles. The maximum Gasteiger partial charge on any atom is 0.241 e. The fraction of sp³-hybridized carbons (Fsp3) is 0.235. The first kappa shape index (κ1) is 17.7. The Balaban J connectivity index is 2.00. The van der Waals surface area contributed by atoms with Crippen LogP contribution in [0.4, 0.5) is 10.1 Å². The third-order valence-electron chi connectivity index (χ3n) is 3.41. The first-order valence-electron chi connectivity index (χ1n) is 7.14. The zero-order valence-electron chi connectivity index (χ0n) is 12.7. The van der Waals surface area contributed by atoms with Crippen molar-refractivity contribution in [1.82, 2.24) is 5.32 Å². The van der Waals surface area contributed by atoms with E-state index < -0.39 is 11.9 Å². The highest BCUT2D eigenvalue weighted by atomic mass is 35.5. The zero-order chi connectivity index (χ0) is 17.0. The number of hydrogen-bond acceptors (Lipinski definition) is 2. The van der Waals surface area contributed by atoms with Gasteiger partial charge in [-0.1, -0.05) is 35.3 Å². The Labute approximate surface area is 144 Å². The quantitative estimate of drug-likeness (QED) is 0.808. The van der Waals surface area contributed by atoms with Crippen LogP contribution in [0.25, 0.3) is 0 Å². The Morgan fingerprint density at radius 2 is 1.87 bits per heavy atom. The summed E-state index contributed by atoms with van der Waals surface area (Å²) in [5.41, 5.74) is 1.27. The summed E-state index contributed by atoms with van der Waals surface area (Å²) < 4.78 is 13.1. The predicted octanol–water partition coefficient (Wildman–Crippen LogP) is 4.81. The average molecular weight is 355 g/mol. The van der Waals surface area contributed by atoms with Crippen LogP contribution in [0.5, 0.6) is 0 Å². The van der Waals surface area contributed by atoms with Crippen LogP contribution >= 0.6 is 23.2 Å². The molecule has 0 bridgehead atoms. The Bertz CT molecular complexity index is 709. The van der Waals surface area contributed by atoms with Crippen LogP contribution in [0.15, 0.2) is 42.5 Å². The van der Waals surface area contributed by atoms with E-state index in [0.717, 1.165) is 5.56 Å². The zero-order valence-corrected chi connectivity index (χ0v) is 14.3. The molecule has 0 aliphatic heterocycles. The number of nitrogens with one attached hydrogen (secondary N) is 2. The van der Waals surface area contributed by atoms with Gasteiger partial charge in [0, 0.05) is 21.8 Å². The predicted molar refractivity (Wildman–Crippen MR) is 92.5 cm³/mol. The summed E-state index contributed by atoms with van der Waals surface area (Å²) in [5, 5.41) is 6.92. The Morgan fingerprint density at radius 1 is 1.13 bits per heavy atom. The first-order chi connectivity index (χ1) is 10.9. The van der Waals surface area contributed by atoms with Gasteiger partial charge < -0.3 is 5.32 Å². The summed E-state index contributed by atoms with van der Waals surface area (Å²) in [6.07, 6.45) is 0. The van der Waals surface area contributed by atoms with E-state index in [1.165, 1.54) is 12.1 Å². The summed E-state index contributed by atoms with van der Waals surface area (Å²) >= 11 is 12.0. The Morgan fingerprint density at radius 3 is 2.52 bits per heavy atom. The van der Waals surface area contributed by atoms with Crippen LogP contribution in [-0.4, -0.2) is 11.9 Å². The lowest BCUT2D eigenvalue weighted by atomic mass is 10.1. The summed E-state index contributed by atoms with van der Waals surface area (Å²) in [6.45, 7) is 3.63. The van der Waals surface area contributed by atoms with Crippen molar-refractivity contribution >= 4 is 34.8 Å². The maximum atomic E-state index is 13.1. The fourth-order valence-electron chi connectivity index (χ4n) is 2.21. The van der Waals surface area contributed by atoms with Crippen LogP contribution in [0, 0.1) is 5.82 Å². The van der Waals surface area contributed by atoms with E-state index in [1.54, 1.807) is 31.2 Å². The molecule has 0 radical (unpaired) electrons. The van der Waals surface area contributed by atoms with E-state index in [9.17, 15) is 9.18 Å². The highest BCUT2D eigenvalue weighted by molar-refractivity contribution is 6.35. The molecule has 2 aromatic rings. The van der Waals surface area contributed by atoms with Gasteiger partial charge in [-0.05, 0) is 49.7 Å². The van der Waals surface area contributed by atoms with Crippen molar-refractivity contribution in [3.05, 3.63) is 63.9 Å². The fourth-order valence-corrected chi connectivity index (χ4v) is 2.78. The number of hydrogen-bond donors (Lipinski definition) is 2. The number of carbonyl (C=O) groups is 1. The SMILES string of the molecule is CC(NC(C)c1ccc(Cl)cc1Cl)C(=O)Nc1cccc(F)c1. The minimum Gasteiger partial charge on any atom is -0.325 e. The topological polar surface area (TPSA) is 41.1 Å². The highest BCUT2D eigenvalue weighted by Crippen LogP contribution is 2.26. The third kappa shape index (κ3) is 4.93. The smallest absolute Gasteiger partial charge is 0.241 e. The monoisotopic (exact) mass is 354 g/mol. The molecule has 0 aromatic heterocycles. The standard InChI is InChI=1S/C17H17Cl2FN2O/c1-10(15-7-6-12(18)8-16(15)19)21-11(2)17(23)22-14-5-3-4-13(20)9-14/h3-11,21H,1-2H3,(H,22,23). The summed E-state index contributed by atoms with van der Waals surface area (Å²) in [4.78, 5) is 12.2. The average Bonchev–Trinajstić information content (AvgIpc) is 2.46. The van der Waals surface area contributed by atoms with Gasteiger partial charge in [-0.2, -0.15) is 0 Å². The van der Waals surface area contributed by atoms with Gasteiger partial charge in [0.05, 0.1) is 6.04 Å². The molecule has 3 nitrogen and oxygen atoms in total. The van der Waals surface area contributed by atoms with Gasteiger partial charge >= 0.3 is 0 Å². The van der Waals surface area contributed by atoms with E-state index in [4.69, 9.17) is 23.2 Å². The number of amides is 1. The van der Waals surface area contributed by atoms with Crippen molar-refractivity contribution in [2.45, 2.75) is 25.9 Å². The molecule has 0 spiro atoms. The molecule has 0 saturated heterocycles. The van der Waals surface area contributed by atoms with E-state index in [0.29, 0.717) is 15.7 Å². The molecular formula is C17H17Cl2FN2O. The summed E-state index contributed by atoms with van der Waals surface area (Å²) in [7, 11) is 0. The minimum atomic E-state index is -0.486. The number of halogens is 3. The second kappa shape index (κ2) is 7.77. The molecule has 23 heavy (non-hydrogen) atoms. The largest absolute Gasteiger partial charge is 0.325 e. The molecule has 1 amide bonds. The number of benzene rings is 2. The lowest BCUT2D eigenvalue weighted by Crippen LogP contribution is -2.39. The van der Waals surface area contributed by atoms with Gasteiger partial charge in [-0.25, -0.2) is 4.39 Å². The molecule has 0 heterocycles. The molecule has 2 rings (SSSR count). The second-order valence-corrected chi connectivity index (χ2v) is 6.12. The molecular weight excluding hydrogens is 338 g/mol. The van der Waals surface area contributed by atoms with Crippen LogP contribution in [0.3, 0.4) is 0 Å². The van der Waals surface area contributed by atoms with Gasteiger partial charge in [0.1, 0.15) is 5.82 Å². The molecule has 2 atom stereocenters. The van der Waals surface area contributed by atoms with E-state index in [1.807, 2.05) is 13.0 Å². The Kier molecular flexibility index (Phi) is 5.99. The highest BCUT2D eigenvalue weighted by Gasteiger charge is 2.18. The molecule has 0 aliphatic rings. The van der Waals surface area contributed by atoms with Crippen molar-refractivity contribution < 1.29 is 9.18 Å². The maximum absolute atomic E-state index is 13.1. The van der Waals surface area contributed by atoms with Crippen LogP contribution in [0.2, 0.25) is 10.0 Å². The molecule has 2 N–H and O–H groups in total. The molecule has 6 heteroatoms. The summed E-state index contributed by atoms with van der Waals surface area (Å²) in [6, 6.07) is 10.4. The van der Waals surface area contributed by atoms with Crippen LogP contribution in [-0.2, 0) is 4.79 Å². The molecule has 0 fully saturated rings. The molecule has 0 saturated carbocycles. The van der Waals surface area contributed by atoms with Crippen molar-refractivity contribution in [3.63, 3.8) is 0 Å². The third-order valence-corrected chi connectivity index (χ3v) is 3.98. The molecule has 2 unspecified atom stereocenters. The number of anilines is 1. The second-order valence-electron chi connectivity index (χ2n) is 5.28. The van der Waals surface area contributed by atoms with Crippen molar-refractivity contribution in [2.24, 2.45) is 0 Å². The van der Waals surface area contributed by atoms with Crippen molar-refractivity contribution in [3.8, 4) is 0 Å².